The van der Waals surface area contributed by atoms with Crippen LogP contribution in [0.3, 0.4) is 0 Å². The molecule has 8 heteroatoms. The predicted molar refractivity (Wildman–Crippen MR) is 109 cm³/mol. The standard InChI is InChI=1S/C19H21ClN2O4S/c1-24-14-6-4-12(5-7-14)8-18(23)22-19(27)21-11-13-9-16(25-2)17(26-3)10-15(13)20/h4-7,9-10H,8,11H2,1-3H3,(H2,21,22,23,27). The van der Waals surface area contributed by atoms with Crippen molar-refractivity contribution in [3.8, 4) is 17.2 Å². The van der Waals surface area contributed by atoms with Gasteiger partial charge in [-0.25, -0.2) is 0 Å². The van der Waals surface area contributed by atoms with Crippen molar-refractivity contribution in [2.45, 2.75) is 13.0 Å². The highest BCUT2D eigenvalue weighted by Crippen LogP contribution is 2.32. The van der Waals surface area contributed by atoms with Crippen molar-refractivity contribution in [1.29, 1.82) is 0 Å². The van der Waals surface area contributed by atoms with Gasteiger partial charge in [-0.2, -0.15) is 0 Å². The molecular formula is C19H21ClN2O4S. The van der Waals surface area contributed by atoms with Gasteiger partial charge < -0.3 is 24.8 Å². The molecule has 2 aromatic carbocycles. The highest BCUT2D eigenvalue weighted by Gasteiger charge is 2.11. The van der Waals surface area contributed by atoms with Crippen LogP contribution in [-0.2, 0) is 17.8 Å². The predicted octanol–water partition coefficient (Wildman–Crippen LogP) is 3.10. The highest BCUT2D eigenvalue weighted by molar-refractivity contribution is 7.80. The zero-order valence-corrected chi connectivity index (χ0v) is 16.9. The number of methoxy groups -OCH3 is 3. The van der Waals surface area contributed by atoms with E-state index in [1.54, 1.807) is 45.6 Å². The molecule has 2 N–H and O–H groups in total. The molecule has 0 spiro atoms. The molecule has 2 rings (SSSR count). The molecule has 144 valence electrons. The quantitative estimate of drug-likeness (QED) is 0.686. The number of thiocarbonyl (C=S) groups is 1. The molecular weight excluding hydrogens is 388 g/mol. The normalized spacial score (nSPS) is 10.1. The number of amides is 1. The van der Waals surface area contributed by atoms with Gasteiger partial charge in [0, 0.05) is 17.6 Å². The number of ether oxygens (including phenoxy) is 3. The summed E-state index contributed by atoms with van der Waals surface area (Å²) in [6, 6.07) is 10.7. The lowest BCUT2D eigenvalue weighted by Crippen LogP contribution is -2.39. The van der Waals surface area contributed by atoms with E-state index in [-0.39, 0.29) is 17.4 Å². The largest absolute Gasteiger partial charge is 0.497 e. The molecule has 27 heavy (non-hydrogen) atoms. The minimum Gasteiger partial charge on any atom is -0.497 e. The molecule has 0 aliphatic carbocycles. The zero-order chi connectivity index (χ0) is 19.8. The molecule has 2 aromatic rings. The van der Waals surface area contributed by atoms with Gasteiger partial charge in [-0.15, -0.1) is 0 Å². The van der Waals surface area contributed by atoms with Crippen LogP contribution < -0.4 is 24.8 Å². The Balaban J connectivity index is 1.89. The molecule has 0 saturated heterocycles. The van der Waals surface area contributed by atoms with Gasteiger partial charge in [0.2, 0.25) is 5.91 Å². The smallest absolute Gasteiger partial charge is 0.230 e. The monoisotopic (exact) mass is 408 g/mol. The Kier molecular flexibility index (Phi) is 7.69. The van der Waals surface area contributed by atoms with E-state index in [0.29, 0.717) is 23.1 Å². The number of hydrogen-bond donors (Lipinski definition) is 2. The number of rotatable bonds is 7. The fourth-order valence-electron chi connectivity index (χ4n) is 2.35. The van der Waals surface area contributed by atoms with Crippen LogP contribution in [0.15, 0.2) is 36.4 Å². The summed E-state index contributed by atoms with van der Waals surface area (Å²) in [6.45, 7) is 0.334. The highest BCUT2D eigenvalue weighted by atomic mass is 35.5. The first-order valence-electron chi connectivity index (χ1n) is 8.07. The molecule has 0 fully saturated rings. The second kappa shape index (κ2) is 9.99. The summed E-state index contributed by atoms with van der Waals surface area (Å²) in [5.41, 5.74) is 1.63. The maximum atomic E-state index is 12.1. The molecule has 0 aliphatic heterocycles. The summed E-state index contributed by atoms with van der Waals surface area (Å²) in [5.74, 6) is 1.63. The maximum absolute atomic E-state index is 12.1. The number of halogens is 1. The van der Waals surface area contributed by atoms with E-state index in [4.69, 9.17) is 38.0 Å². The van der Waals surface area contributed by atoms with Crippen LogP contribution in [-0.4, -0.2) is 32.3 Å². The second-order valence-electron chi connectivity index (χ2n) is 5.55. The van der Waals surface area contributed by atoms with Crippen LogP contribution in [0.5, 0.6) is 17.2 Å². The van der Waals surface area contributed by atoms with Crippen molar-refractivity contribution in [1.82, 2.24) is 10.6 Å². The van der Waals surface area contributed by atoms with E-state index >= 15 is 0 Å². The van der Waals surface area contributed by atoms with E-state index < -0.39 is 0 Å². The van der Waals surface area contributed by atoms with Crippen molar-refractivity contribution in [2.75, 3.05) is 21.3 Å². The first kappa shape index (κ1) is 20.8. The molecule has 0 aliphatic rings. The lowest BCUT2D eigenvalue weighted by Gasteiger charge is -2.14. The Morgan fingerprint density at radius 3 is 2.26 bits per heavy atom. The van der Waals surface area contributed by atoms with Gasteiger partial charge in [0.1, 0.15) is 5.75 Å². The van der Waals surface area contributed by atoms with Crippen LogP contribution in [0, 0.1) is 0 Å². The third-order valence-electron chi connectivity index (χ3n) is 3.77. The average molecular weight is 409 g/mol. The SMILES string of the molecule is COc1ccc(CC(=O)NC(=S)NCc2cc(OC)c(OC)cc2Cl)cc1. The van der Waals surface area contributed by atoms with E-state index in [0.717, 1.165) is 16.9 Å². The Morgan fingerprint density at radius 2 is 1.67 bits per heavy atom. The van der Waals surface area contributed by atoms with Crippen molar-refractivity contribution in [3.05, 3.63) is 52.5 Å². The fraction of sp³-hybridized carbons (Fsp3) is 0.263. The summed E-state index contributed by atoms with van der Waals surface area (Å²) in [4.78, 5) is 12.1. The molecule has 0 atom stereocenters. The van der Waals surface area contributed by atoms with Crippen molar-refractivity contribution >= 4 is 34.8 Å². The van der Waals surface area contributed by atoms with Gasteiger partial charge in [0.15, 0.2) is 16.6 Å². The topological polar surface area (TPSA) is 68.8 Å². The van der Waals surface area contributed by atoms with E-state index in [2.05, 4.69) is 10.6 Å². The van der Waals surface area contributed by atoms with Crippen molar-refractivity contribution in [2.24, 2.45) is 0 Å². The minimum absolute atomic E-state index is 0.211. The van der Waals surface area contributed by atoms with E-state index in [9.17, 15) is 4.79 Å². The van der Waals surface area contributed by atoms with E-state index in [1.807, 2.05) is 12.1 Å². The van der Waals surface area contributed by atoms with Crippen LogP contribution >= 0.6 is 23.8 Å². The molecule has 0 radical (unpaired) electrons. The van der Waals surface area contributed by atoms with Crippen LogP contribution in [0.4, 0.5) is 0 Å². The summed E-state index contributed by atoms with van der Waals surface area (Å²) < 4.78 is 15.6. The summed E-state index contributed by atoms with van der Waals surface area (Å²) in [6.07, 6.45) is 0.211. The van der Waals surface area contributed by atoms with Crippen LogP contribution in [0.25, 0.3) is 0 Å². The Morgan fingerprint density at radius 1 is 1.04 bits per heavy atom. The summed E-state index contributed by atoms with van der Waals surface area (Å²) in [5, 5.41) is 6.34. The van der Waals surface area contributed by atoms with Gasteiger partial charge in [0.25, 0.3) is 0 Å². The molecule has 0 unspecified atom stereocenters. The van der Waals surface area contributed by atoms with Crippen LogP contribution in [0.1, 0.15) is 11.1 Å². The van der Waals surface area contributed by atoms with E-state index in [1.165, 1.54) is 0 Å². The molecule has 0 aromatic heterocycles. The molecule has 0 heterocycles. The zero-order valence-electron chi connectivity index (χ0n) is 15.3. The number of benzene rings is 2. The number of nitrogens with one attached hydrogen (secondary N) is 2. The first-order chi connectivity index (χ1) is 13.0. The summed E-state index contributed by atoms with van der Waals surface area (Å²) >= 11 is 11.4. The third kappa shape index (κ3) is 6.01. The molecule has 6 nitrogen and oxygen atoms in total. The van der Waals surface area contributed by atoms with Gasteiger partial charge in [-0.05, 0) is 41.5 Å². The molecule has 1 amide bonds. The summed E-state index contributed by atoms with van der Waals surface area (Å²) in [7, 11) is 4.68. The lowest BCUT2D eigenvalue weighted by molar-refractivity contribution is -0.119. The maximum Gasteiger partial charge on any atom is 0.230 e. The Labute approximate surface area is 168 Å². The number of hydrogen-bond acceptors (Lipinski definition) is 5. The number of carbonyl (C=O) groups is 1. The minimum atomic E-state index is -0.212. The Hall–Kier alpha value is -2.51. The third-order valence-corrected chi connectivity index (χ3v) is 4.37. The average Bonchev–Trinajstić information content (AvgIpc) is 2.67. The lowest BCUT2D eigenvalue weighted by atomic mass is 10.1. The van der Waals surface area contributed by atoms with Crippen molar-refractivity contribution < 1.29 is 19.0 Å². The molecule has 0 bridgehead atoms. The van der Waals surface area contributed by atoms with Crippen molar-refractivity contribution in [3.63, 3.8) is 0 Å². The van der Waals surface area contributed by atoms with Gasteiger partial charge in [-0.1, -0.05) is 23.7 Å². The molecule has 0 saturated carbocycles. The van der Waals surface area contributed by atoms with Gasteiger partial charge in [-0.3, -0.25) is 4.79 Å². The Bertz CT molecular complexity index is 812. The van der Waals surface area contributed by atoms with Crippen LogP contribution in [0.2, 0.25) is 5.02 Å². The fourth-order valence-corrected chi connectivity index (χ4v) is 2.76. The second-order valence-corrected chi connectivity index (χ2v) is 6.37. The van der Waals surface area contributed by atoms with Gasteiger partial charge >= 0.3 is 0 Å². The first-order valence-corrected chi connectivity index (χ1v) is 8.86. The number of carbonyl (C=O) groups excluding carboxylic acids is 1. The van der Waals surface area contributed by atoms with Gasteiger partial charge in [0.05, 0.1) is 27.8 Å².